The molecular weight excluding hydrogens is 980 g/mol. The summed E-state index contributed by atoms with van der Waals surface area (Å²) in [6.45, 7) is 5.55. The lowest BCUT2D eigenvalue weighted by molar-refractivity contribution is 0.173. The van der Waals surface area contributed by atoms with Crippen LogP contribution in [0.4, 0.5) is 27.2 Å². The molecule has 0 spiro atoms. The zero-order chi connectivity index (χ0) is 46.8. The lowest BCUT2D eigenvalue weighted by atomic mass is 9.95. The lowest BCUT2D eigenvalue weighted by Crippen LogP contribution is -2.40. The molecule has 2 saturated heterocycles. The van der Waals surface area contributed by atoms with E-state index in [1.165, 1.54) is 24.3 Å². The van der Waals surface area contributed by atoms with Gasteiger partial charge in [-0.1, -0.05) is 29.3 Å². The molecule has 11 nitrogen and oxygen atoms in total. The van der Waals surface area contributed by atoms with Gasteiger partial charge in [-0.05, 0) is 118 Å². The summed E-state index contributed by atoms with van der Waals surface area (Å²) in [6.07, 6.45) is 10.3. The first-order valence-electron chi connectivity index (χ1n) is 21.5. The number of imidazole rings is 2. The Kier molecular flexibility index (Phi) is 20.0. The third kappa shape index (κ3) is 13.0. The highest BCUT2D eigenvalue weighted by molar-refractivity contribution is 7.71. The zero-order valence-electron chi connectivity index (χ0n) is 36.5. The highest BCUT2D eigenvalue weighted by atomic mass is 35.5. The van der Waals surface area contributed by atoms with Crippen molar-refractivity contribution in [2.24, 2.45) is 0 Å². The van der Waals surface area contributed by atoms with Crippen molar-refractivity contribution in [3.05, 3.63) is 132 Å². The van der Waals surface area contributed by atoms with Gasteiger partial charge in [-0.3, -0.25) is 9.78 Å². The quantitative estimate of drug-likeness (QED) is 0.0470. The maximum absolute atomic E-state index is 14.5. The fourth-order valence-corrected chi connectivity index (χ4v) is 9.73. The van der Waals surface area contributed by atoms with Crippen LogP contribution in [0.2, 0.25) is 10.0 Å². The predicted octanol–water partition coefficient (Wildman–Crippen LogP) is 11.0. The molecule has 9 rings (SSSR count). The van der Waals surface area contributed by atoms with Gasteiger partial charge in [-0.2, -0.15) is 0 Å². The van der Waals surface area contributed by atoms with E-state index in [1.807, 2.05) is 39.3 Å². The van der Waals surface area contributed by atoms with Crippen molar-refractivity contribution in [2.45, 2.75) is 76.3 Å². The molecule has 0 radical (unpaired) electrons. The first-order valence-corrected chi connectivity index (χ1v) is 23.5. The van der Waals surface area contributed by atoms with Crippen LogP contribution in [0.5, 0.6) is 0 Å². The Hall–Kier alpha value is -3.97. The molecule has 3 amide bonds. The second kappa shape index (κ2) is 24.9. The van der Waals surface area contributed by atoms with Crippen LogP contribution < -0.4 is 5.32 Å². The number of benzene rings is 2. The average Bonchev–Trinajstić information content (AvgIpc) is 4.17. The SMILES string of the molecule is CN(CCc1[nH]c(=S)n2c1C[C@@H](c1c(F)ccc(Cl)c1F)C2)C(=O)N1CCCC1.CNCCc1[nH]c(=S)n2c1C[C@@H](c1c(F)ccc(Cl)c1F)C2.Cl.O=C(Cl)N1CCCC1.c1ccncc1. The van der Waals surface area contributed by atoms with Gasteiger partial charge in [0.05, 0.1) is 10.0 Å². The molecule has 2 atom stereocenters. The number of rotatable bonds is 8. The number of H-pyrrole nitrogens is 2. The number of hydrogen-bond donors (Lipinski definition) is 3. The van der Waals surface area contributed by atoms with Crippen LogP contribution in [0.3, 0.4) is 0 Å². The van der Waals surface area contributed by atoms with E-state index in [9.17, 15) is 27.2 Å². The molecule has 3 N–H and O–H groups in total. The Balaban J connectivity index is 0.000000192. The number of nitrogens with one attached hydrogen (secondary N) is 3. The van der Waals surface area contributed by atoms with Gasteiger partial charge in [0.1, 0.15) is 23.3 Å². The lowest BCUT2D eigenvalue weighted by Gasteiger charge is -2.24. The molecule has 3 aromatic heterocycles. The minimum atomic E-state index is -0.699. The summed E-state index contributed by atoms with van der Waals surface area (Å²) < 4.78 is 62.0. The molecule has 2 aromatic carbocycles. The molecule has 7 heterocycles. The minimum absolute atomic E-state index is 0. The fourth-order valence-electron chi connectivity index (χ4n) is 8.61. The van der Waals surface area contributed by atoms with Crippen LogP contribution in [0.15, 0.2) is 54.9 Å². The molecule has 0 aliphatic carbocycles. The maximum Gasteiger partial charge on any atom is 0.319 e. The number of aromatic amines is 2. The van der Waals surface area contributed by atoms with Gasteiger partial charge in [-0.25, -0.2) is 22.4 Å². The molecule has 4 aliphatic rings. The van der Waals surface area contributed by atoms with Crippen LogP contribution in [0.25, 0.3) is 0 Å². The van der Waals surface area contributed by atoms with Crippen molar-refractivity contribution in [2.75, 3.05) is 53.4 Å². The number of hydrogen-bond acceptors (Lipinski definition) is 6. The van der Waals surface area contributed by atoms with Crippen molar-refractivity contribution in [1.29, 1.82) is 0 Å². The van der Waals surface area contributed by atoms with Crippen LogP contribution >= 0.6 is 71.6 Å². The van der Waals surface area contributed by atoms with E-state index in [1.54, 1.807) is 29.2 Å². The Morgan fingerprint density at radius 1 is 0.758 bits per heavy atom. The van der Waals surface area contributed by atoms with Gasteiger partial charge in [0.2, 0.25) is 0 Å². The maximum atomic E-state index is 14.5. The third-order valence-electron chi connectivity index (χ3n) is 12.0. The summed E-state index contributed by atoms with van der Waals surface area (Å²) in [7, 11) is 3.68. The van der Waals surface area contributed by atoms with Gasteiger partial charge < -0.3 is 39.1 Å². The van der Waals surface area contributed by atoms with Gasteiger partial charge in [0, 0.05) is 130 Å². The molecule has 4 aliphatic heterocycles. The molecule has 66 heavy (non-hydrogen) atoms. The largest absolute Gasteiger partial charge is 0.334 e. The van der Waals surface area contributed by atoms with Crippen LogP contribution in [0, 0.1) is 32.8 Å². The molecule has 21 heteroatoms. The molecule has 2 fully saturated rings. The minimum Gasteiger partial charge on any atom is -0.334 e. The van der Waals surface area contributed by atoms with E-state index in [2.05, 4.69) is 20.3 Å². The first-order chi connectivity index (χ1) is 31.2. The number of aromatic nitrogens is 5. The summed E-state index contributed by atoms with van der Waals surface area (Å²) in [5, 5.41) is 2.66. The Labute approximate surface area is 413 Å². The van der Waals surface area contributed by atoms with E-state index >= 15 is 0 Å². The molecule has 5 aromatic rings. The van der Waals surface area contributed by atoms with E-state index in [0.29, 0.717) is 48.4 Å². The van der Waals surface area contributed by atoms with Gasteiger partial charge in [0.25, 0.3) is 0 Å². The van der Waals surface area contributed by atoms with Crippen molar-refractivity contribution >= 4 is 83.0 Å². The topological polar surface area (TPSA) is 110 Å². The molecule has 0 bridgehead atoms. The van der Waals surface area contributed by atoms with Gasteiger partial charge in [-0.15, -0.1) is 12.4 Å². The average molecular weight is 1030 g/mol. The fraction of sp³-hybridized carbons (Fsp3) is 0.444. The second-order valence-corrected chi connectivity index (χ2v) is 18.1. The monoisotopic (exact) mass is 1030 g/mol. The molecule has 358 valence electrons. The van der Waals surface area contributed by atoms with Gasteiger partial charge >= 0.3 is 11.4 Å². The van der Waals surface area contributed by atoms with Crippen molar-refractivity contribution < 1.29 is 27.2 Å². The summed E-state index contributed by atoms with van der Waals surface area (Å²) in [5.74, 6) is -3.14. The summed E-state index contributed by atoms with van der Waals surface area (Å²) >= 11 is 27.6. The normalized spacial score (nSPS) is 16.8. The first kappa shape index (κ1) is 53.0. The van der Waals surface area contributed by atoms with E-state index in [4.69, 9.17) is 59.2 Å². The number of urea groups is 1. The number of halogens is 8. The summed E-state index contributed by atoms with van der Waals surface area (Å²) in [4.78, 5) is 38.2. The molecular formula is C45H53Cl4F4N9O2S2. The molecule has 0 saturated carbocycles. The number of pyridine rings is 1. The highest BCUT2D eigenvalue weighted by Crippen LogP contribution is 2.38. The van der Waals surface area contributed by atoms with E-state index in [-0.39, 0.29) is 56.8 Å². The van der Waals surface area contributed by atoms with E-state index < -0.39 is 23.3 Å². The Bertz CT molecular complexity index is 2520. The van der Waals surface area contributed by atoms with Crippen molar-refractivity contribution in [1.82, 2.24) is 44.1 Å². The zero-order valence-corrected chi connectivity index (χ0v) is 41.3. The predicted molar refractivity (Wildman–Crippen MR) is 259 cm³/mol. The van der Waals surface area contributed by atoms with E-state index in [0.717, 1.165) is 87.6 Å². The second-order valence-electron chi connectivity index (χ2n) is 16.2. The van der Waals surface area contributed by atoms with Crippen molar-refractivity contribution in [3.63, 3.8) is 0 Å². The third-order valence-corrected chi connectivity index (χ3v) is 13.4. The summed E-state index contributed by atoms with van der Waals surface area (Å²) in [5.41, 5.74) is 4.00. The highest BCUT2D eigenvalue weighted by Gasteiger charge is 2.33. The van der Waals surface area contributed by atoms with Gasteiger partial charge in [0.15, 0.2) is 9.54 Å². The molecule has 0 unspecified atom stereocenters. The number of carbonyl (C=O) groups is 2. The number of nitrogens with zero attached hydrogens (tertiary/aromatic N) is 6. The number of likely N-dealkylation sites (N-methyl/N-ethyl adjacent to an activating group) is 2. The van der Waals surface area contributed by atoms with Crippen LogP contribution in [-0.2, 0) is 38.8 Å². The number of amides is 3. The number of likely N-dealkylation sites (tertiary alicyclic amines) is 2. The summed E-state index contributed by atoms with van der Waals surface area (Å²) in [6, 6.07) is 10.7. The Morgan fingerprint density at radius 3 is 1.61 bits per heavy atom. The van der Waals surface area contributed by atoms with Crippen molar-refractivity contribution in [3.8, 4) is 0 Å². The smallest absolute Gasteiger partial charge is 0.319 e. The number of fused-ring (bicyclic) bond motifs is 2. The van der Waals surface area contributed by atoms with Crippen LogP contribution in [0.1, 0.15) is 71.4 Å². The Morgan fingerprint density at radius 2 is 1.21 bits per heavy atom. The number of carbonyl (C=O) groups excluding carboxylic acids is 2. The van der Waals surface area contributed by atoms with Crippen LogP contribution in [-0.4, -0.2) is 104 Å². The standard InChI is InChI=1S/C20H23ClF2N4OS.C15H16ClF2N3S.C5H8ClNO.C5H5N.ClH/c1-25(20(28)26-7-2-3-8-26)9-6-15-16-10-12(11-27(16)19(29)24-15)17-14(22)5-4-13(21)18(17)23;1-19-5-4-11-12-6-8(7-21(12)15(22)20-11)13-10(17)3-2-9(16)14(13)18;6-5(8)7-3-1-2-4-7;1-2-4-6-5-3-1;/h4-5,12H,2-3,6-11H2,1H3,(H,24,29);2-3,8,19H,4-7H2,1H3,(H,20,22);1-4H2;1-5H;1H/t12-;8-;;;/m11.../s1.